The van der Waals surface area contributed by atoms with Crippen molar-refractivity contribution in [1.82, 2.24) is 14.5 Å². The number of nitrogens with zero attached hydrogens (tertiary/aromatic N) is 3. The van der Waals surface area contributed by atoms with Crippen molar-refractivity contribution < 1.29 is 4.79 Å². The average Bonchev–Trinajstić information content (AvgIpc) is 2.87. The number of piperidine rings is 1. The van der Waals surface area contributed by atoms with Crippen molar-refractivity contribution in [2.24, 2.45) is 11.7 Å². The van der Waals surface area contributed by atoms with Gasteiger partial charge >= 0.3 is 0 Å². The molecular weight excluding hydrogens is 228 g/mol. The highest BCUT2D eigenvalue weighted by molar-refractivity contribution is 5.92. The van der Waals surface area contributed by atoms with E-state index in [1.807, 2.05) is 9.47 Å². The fourth-order valence-corrected chi connectivity index (χ4v) is 2.45. The van der Waals surface area contributed by atoms with Gasteiger partial charge in [0, 0.05) is 32.4 Å². The number of carbonyl (C=O) groups excluding carboxylic acids is 1. The zero-order valence-electron chi connectivity index (χ0n) is 11.0. The molecule has 2 N–H and O–H groups in total. The standard InChI is InChI=1S/C13H22N4O/c1-2-11-3-6-17(7-4-11)13(18)12-9-16(8-5-14)10-15-12/h9-11H,2-8,14H2,1H3. The molecule has 1 aromatic rings. The Hall–Kier alpha value is -1.36. The fraction of sp³-hybridized carbons (Fsp3) is 0.692. The second-order valence-corrected chi connectivity index (χ2v) is 4.93. The van der Waals surface area contributed by atoms with Gasteiger partial charge < -0.3 is 15.2 Å². The van der Waals surface area contributed by atoms with E-state index in [0.717, 1.165) is 31.8 Å². The highest BCUT2D eigenvalue weighted by Crippen LogP contribution is 2.20. The van der Waals surface area contributed by atoms with Crippen LogP contribution in [-0.4, -0.2) is 40.0 Å². The molecule has 1 aliphatic heterocycles. The van der Waals surface area contributed by atoms with Crippen molar-refractivity contribution in [2.45, 2.75) is 32.7 Å². The van der Waals surface area contributed by atoms with Crippen molar-refractivity contribution in [3.63, 3.8) is 0 Å². The van der Waals surface area contributed by atoms with E-state index in [4.69, 9.17) is 5.73 Å². The maximum atomic E-state index is 12.2. The van der Waals surface area contributed by atoms with Gasteiger partial charge in [0.05, 0.1) is 6.33 Å². The molecule has 1 saturated heterocycles. The molecule has 1 aromatic heterocycles. The Bertz CT molecular complexity index is 393. The van der Waals surface area contributed by atoms with Crippen LogP contribution in [0.1, 0.15) is 36.7 Å². The number of amides is 1. The molecule has 0 spiro atoms. The third-order valence-corrected chi connectivity index (χ3v) is 3.72. The smallest absolute Gasteiger partial charge is 0.274 e. The number of carbonyl (C=O) groups is 1. The largest absolute Gasteiger partial charge is 0.337 e. The molecule has 5 nitrogen and oxygen atoms in total. The fourth-order valence-electron chi connectivity index (χ4n) is 2.45. The first kappa shape index (κ1) is 13.1. The summed E-state index contributed by atoms with van der Waals surface area (Å²) in [7, 11) is 0. The van der Waals surface area contributed by atoms with E-state index < -0.39 is 0 Å². The van der Waals surface area contributed by atoms with Crippen LogP contribution in [0.3, 0.4) is 0 Å². The third kappa shape index (κ3) is 2.90. The van der Waals surface area contributed by atoms with Crippen molar-refractivity contribution in [3.8, 4) is 0 Å². The molecule has 0 bridgehead atoms. The molecular formula is C13H22N4O. The Kier molecular flexibility index (Phi) is 4.36. The first-order valence-corrected chi connectivity index (χ1v) is 6.75. The summed E-state index contributed by atoms with van der Waals surface area (Å²) in [5.41, 5.74) is 6.02. The summed E-state index contributed by atoms with van der Waals surface area (Å²) in [5.74, 6) is 0.837. The maximum Gasteiger partial charge on any atom is 0.274 e. The second kappa shape index (κ2) is 6.00. The van der Waals surface area contributed by atoms with Crippen molar-refractivity contribution in [3.05, 3.63) is 18.2 Å². The molecule has 18 heavy (non-hydrogen) atoms. The van der Waals surface area contributed by atoms with Crippen LogP contribution in [0.15, 0.2) is 12.5 Å². The minimum Gasteiger partial charge on any atom is -0.337 e. The predicted octanol–water partition coefficient (Wildman–Crippen LogP) is 1.10. The van der Waals surface area contributed by atoms with Crippen molar-refractivity contribution in [1.29, 1.82) is 0 Å². The molecule has 0 unspecified atom stereocenters. The summed E-state index contributed by atoms with van der Waals surface area (Å²) >= 11 is 0. The molecule has 0 radical (unpaired) electrons. The van der Waals surface area contributed by atoms with Gasteiger partial charge in [-0.1, -0.05) is 13.3 Å². The highest BCUT2D eigenvalue weighted by Gasteiger charge is 2.23. The number of likely N-dealkylation sites (tertiary alicyclic amines) is 1. The van der Waals surface area contributed by atoms with Gasteiger partial charge in [-0.3, -0.25) is 4.79 Å². The molecule has 1 fully saturated rings. The van der Waals surface area contributed by atoms with Gasteiger partial charge in [0.15, 0.2) is 0 Å². The van der Waals surface area contributed by atoms with Crippen molar-refractivity contribution in [2.75, 3.05) is 19.6 Å². The van der Waals surface area contributed by atoms with E-state index in [9.17, 15) is 4.79 Å². The van der Waals surface area contributed by atoms with Gasteiger partial charge in [0.2, 0.25) is 0 Å². The van der Waals surface area contributed by atoms with E-state index in [1.165, 1.54) is 6.42 Å². The first-order chi connectivity index (χ1) is 8.74. The Morgan fingerprint density at radius 3 is 2.83 bits per heavy atom. The molecule has 1 aliphatic rings. The lowest BCUT2D eigenvalue weighted by atomic mass is 9.94. The lowest BCUT2D eigenvalue weighted by Crippen LogP contribution is -2.38. The molecule has 2 heterocycles. The van der Waals surface area contributed by atoms with Crippen LogP contribution >= 0.6 is 0 Å². The van der Waals surface area contributed by atoms with Crippen LogP contribution in [0.2, 0.25) is 0 Å². The van der Waals surface area contributed by atoms with Crippen LogP contribution in [0.25, 0.3) is 0 Å². The molecule has 2 rings (SSSR count). The first-order valence-electron chi connectivity index (χ1n) is 6.75. The SMILES string of the molecule is CCC1CCN(C(=O)c2cn(CCN)cn2)CC1. The van der Waals surface area contributed by atoms with E-state index in [1.54, 1.807) is 12.5 Å². The summed E-state index contributed by atoms with van der Waals surface area (Å²) in [6, 6.07) is 0. The van der Waals surface area contributed by atoms with E-state index >= 15 is 0 Å². The van der Waals surface area contributed by atoms with Gasteiger partial charge in [0.1, 0.15) is 5.69 Å². The second-order valence-electron chi connectivity index (χ2n) is 4.93. The Morgan fingerprint density at radius 2 is 2.22 bits per heavy atom. The molecule has 0 aliphatic carbocycles. The molecule has 0 atom stereocenters. The van der Waals surface area contributed by atoms with Crippen LogP contribution < -0.4 is 5.73 Å². The summed E-state index contributed by atoms with van der Waals surface area (Å²) in [4.78, 5) is 18.3. The number of nitrogens with two attached hydrogens (primary N) is 1. The average molecular weight is 250 g/mol. The minimum absolute atomic E-state index is 0.0559. The maximum absolute atomic E-state index is 12.2. The van der Waals surface area contributed by atoms with Crippen molar-refractivity contribution >= 4 is 5.91 Å². The van der Waals surface area contributed by atoms with Crippen LogP contribution in [0.4, 0.5) is 0 Å². The predicted molar refractivity (Wildman–Crippen MR) is 70.2 cm³/mol. The minimum atomic E-state index is 0.0559. The van der Waals surface area contributed by atoms with Gasteiger partial charge in [-0.15, -0.1) is 0 Å². The quantitative estimate of drug-likeness (QED) is 0.870. The van der Waals surface area contributed by atoms with Gasteiger partial charge in [-0.05, 0) is 18.8 Å². The molecule has 100 valence electrons. The summed E-state index contributed by atoms with van der Waals surface area (Å²) in [6.45, 7) is 5.21. The van der Waals surface area contributed by atoms with Crippen LogP contribution in [0.5, 0.6) is 0 Å². The lowest BCUT2D eigenvalue weighted by Gasteiger charge is -2.31. The number of aromatic nitrogens is 2. The molecule has 0 aromatic carbocycles. The monoisotopic (exact) mass is 250 g/mol. The molecule has 0 saturated carbocycles. The summed E-state index contributed by atoms with van der Waals surface area (Å²) in [5, 5.41) is 0. The van der Waals surface area contributed by atoms with Crippen LogP contribution in [0, 0.1) is 5.92 Å². The number of imidazole rings is 1. The topological polar surface area (TPSA) is 64.2 Å². The zero-order valence-corrected chi connectivity index (χ0v) is 11.0. The molecule has 1 amide bonds. The Morgan fingerprint density at radius 1 is 1.50 bits per heavy atom. The van der Waals surface area contributed by atoms with Crippen LogP contribution in [-0.2, 0) is 6.54 Å². The van der Waals surface area contributed by atoms with Gasteiger partial charge in [-0.25, -0.2) is 4.98 Å². The van der Waals surface area contributed by atoms with E-state index in [2.05, 4.69) is 11.9 Å². The van der Waals surface area contributed by atoms with E-state index in [0.29, 0.717) is 18.8 Å². The van der Waals surface area contributed by atoms with E-state index in [-0.39, 0.29) is 5.91 Å². The number of hydrogen-bond acceptors (Lipinski definition) is 3. The Labute approximate surface area is 108 Å². The van der Waals surface area contributed by atoms with Gasteiger partial charge in [0.25, 0.3) is 5.91 Å². The zero-order chi connectivity index (χ0) is 13.0. The van der Waals surface area contributed by atoms with Gasteiger partial charge in [-0.2, -0.15) is 0 Å². The summed E-state index contributed by atoms with van der Waals surface area (Å²) < 4.78 is 1.87. The number of rotatable bonds is 4. The normalized spacial score (nSPS) is 17.1. The third-order valence-electron chi connectivity index (χ3n) is 3.72. The molecule has 5 heteroatoms. The lowest BCUT2D eigenvalue weighted by molar-refractivity contribution is 0.0683. The highest BCUT2D eigenvalue weighted by atomic mass is 16.2. The number of hydrogen-bond donors (Lipinski definition) is 1. The Balaban J connectivity index is 1.94. The summed E-state index contributed by atoms with van der Waals surface area (Å²) in [6.07, 6.45) is 6.92.